The molecule has 0 N–H and O–H groups in total. The lowest BCUT2D eigenvalue weighted by molar-refractivity contribution is 0.252. The molecule has 0 unspecified atom stereocenters. The van der Waals surface area contributed by atoms with E-state index >= 15 is 0 Å². The minimum absolute atomic E-state index is 0.516. The van der Waals surface area contributed by atoms with Gasteiger partial charge in [-0.1, -0.05) is 17.7 Å². The standard InChI is InChI=1S/C9H6F2S/c1-2-7-3-5-8(6-4-7)12-9(10)11/h1,3-6,9H. The second kappa shape index (κ2) is 4.13. The van der Waals surface area contributed by atoms with Crippen molar-refractivity contribution < 1.29 is 8.78 Å². The van der Waals surface area contributed by atoms with E-state index in [4.69, 9.17) is 6.42 Å². The van der Waals surface area contributed by atoms with Crippen molar-refractivity contribution in [1.82, 2.24) is 0 Å². The monoisotopic (exact) mass is 184 g/mol. The highest BCUT2D eigenvalue weighted by atomic mass is 32.2. The van der Waals surface area contributed by atoms with Crippen LogP contribution in [0.5, 0.6) is 0 Å². The summed E-state index contributed by atoms with van der Waals surface area (Å²) in [5, 5.41) is 0. The Hall–Kier alpha value is -1.01. The molecule has 0 amide bonds. The topological polar surface area (TPSA) is 0 Å². The first-order valence-electron chi connectivity index (χ1n) is 3.24. The van der Waals surface area contributed by atoms with Crippen molar-refractivity contribution in [2.45, 2.75) is 10.7 Å². The number of halogens is 2. The lowest BCUT2D eigenvalue weighted by Crippen LogP contribution is -1.81. The molecule has 0 spiro atoms. The Morgan fingerprint density at radius 3 is 2.25 bits per heavy atom. The minimum atomic E-state index is -2.37. The molecule has 0 fully saturated rings. The first-order valence-corrected chi connectivity index (χ1v) is 4.12. The molecule has 0 aliphatic carbocycles. The third-order valence-corrected chi connectivity index (χ3v) is 1.97. The first kappa shape index (κ1) is 9.08. The van der Waals surface area contributed by atoms with Crippen LogP contribution < -0.4 is 0 Å². The smallest absolute Gasteiger partial charge is 0.198 e. The van der Waals surface area contributed by atoms with Gasteiger partial charge in [0.25, 0.3) is 5.76 Å². The second-order valence-electron chi connectivity index (χ2n) is 2.05. The van der Waals surface area contributed by atoms with E-state index in [1.54, 1.807) is 24.3 Å². The molecule has 0 saturated heterocycles. The predicted octanol–water partition coefficient (Wildman–Crippen LogP) is 2.98. The average molecular weight is 184 g/mol. The van der Waals surface area contributed by atoms with Gasteiger partial charge in [0, 0.05) is 10.5 Å². The van der Waals surface area contributed by atoms with Crippen LogP contribution in [0, 0.1) is 12.3 Å². The molecule has 62 valence electrons. The molecule has 12 heavy (non-hydrogen) atoms. The van der Waals surface area contributed by atoms with Crippen molar-refractivity contribution in [2.75, 3.05) is 0 Å². The zero-order valence-corrected chi connectivity index (χ0v) is 6.94. The van der Waals surface area contributed by atoms with Crippen molar-refractivity contribution >= 4 is 11.8 Å². The zero-order chi connectivity index (χ0) is 8.97. The van der Waals surface area contributed by atoms with Gasteiger partial charge in [-0.25, -0.2) is 0 Å². The summed E-state index contributed by atoms with van der Waals surface area (Å²) in [6.07, 6.45) is 5.10. The highest BCUT2D eigenvalue weighted by molar-refractivity contribution is 7.99. The molecular formula is C9H6F2S. The average Bonchev–Trinajstić information content (AvgIpc) is 2.05. The van der Waals surface area contributed by atoms with E-state index in [9.17, 15) is 8.78 Å². The Morgan fingerprint density at radius 1 is 1.25 bits per heavy atom. The van der Waals surface area contributed by atoms with Gasteiger partial charge in [-0.15, -0.1) is 6.42 Å². The van der Waals surface area contributed by atoms with Crippen molar-refractivity contribution in [3.63, 3.8) is 0 Å². The summed E-state index contributed by atoms with van der Waals surface area (Å²) in [5.74, 6) is 0.0373. The fourth-order valence-corrected chi connectivity index (χ4v) is 1.23. The summed E-state index contributed by atoms with van der Waals surface area (Å²) < 4.78 is 23.7. The van der Waals surface area contributed by atoms with Gasteiger partial charge in [-0.05, 0) is 24.3 Å². The Morgan fingerprint density at radius 2 is 1.83 bits per heavy atom. The number of alkyl halides is 2. The number of benzene rings is 1. The van der Waals surface area contributed by atoms with Gasteiger partial charge in [0.05, 0.1) is 0 Å². The largest absolute Gasteiger partial charge is 0.288 e. The summed E-state index contributed by atoms with van der Waals surface area (Å²) >= 11 is 0.516. The van der Waals surface area contributed by atoms with Crippen LogP contribution in [0.3, 0.4) is 0 Å². The molecule has 1 rings (SSSR count). The fourth-order valence-electron chi connectivity index (χ4n) is 0.733. The van der Waals surface area contributed by atoms with E-state index in [-0.39, 0.29) is 0 Å². The van der Waals surface area contributed by atoms with Crippen LogP contribution in [0.15, 0.2) is 29.2 Å². The molecule has 0 saturated carbocycles. The van der Waals surface area contributed by atoms with Gasteiger partial charge in [0.1, 0.15) is 0 Å². The summed E-state index contributed by atoms with van der Waals surface area (Å²) in [4.78, 5) is 0.531. The maximum absolute atomic E-state index is 11.8. The quantitative estimate of drug-likeness (QED) is 0.503. The highest BCUT2D eigenvalue weighted by Gasteiger charge is 2.03. The van der Waals surface area contributed by atoms with E-state index in [1.807, 2.05) is 0 Å². The SMILES string of the molecule is C#Cc1ccc(SC(F)F)cc1. The van der Waals surface area contributed by atoms with E-state index in [0.29, 0.717) is 22.2 Å². The lowest BCUT2D eigenvalue weighted by Gasteiger charge is -1.98. The van der Waals surface area contributed by atoms with Crippen LogP contribution >= 0.6 is 11.8 Å². The van der Waals surface area contributed by atoms with Gasteiger partial charge in [0.15, 0.2) is 0 Å². The Labute approximate surface area is 74.0 Å². The number of thioether (sulfide) groups is 1. The molecule has 0 nitrogen and oxygen atoms in total. The van der Waals surface area contributed by atoms with Crippen LogP contribution in [-0.4, -0.2) is 5.76 Å². The van der Waals surface area contributed by atoms with Crippen LogP contribution in [0.25, 0.3) is 0 Å². The lowest BCUT2D eigenvalue weighted by atomic mass is 10.2. The van der Waals surface area contributed by atoms with E-state index in [1.165, 1.54) is 0 Å². The molecule has 0 bridgehead atoms. The van der Waals surface area contributed by atoms with Gasteiger partial charge >= 0.3 is 0 Å². The zero-order valence-electron chi connectivity index (χ0n) is 6.13. The molecule has 0 radical (unpaired) electrons. The summed E-state index contributed by atoms with van der Waals surface area (Å²) in [7, 11) is 0. The van der Waals surface area contributed by atoms with Crippen molar-refractivity contribution in [3.05, 3.63) is 29.8 Å². The Balaban J connectivity index is 2.73. The number of hydrogen-bond donors (Lipinski definition) is 0. The number of rotatable bonds is 2. The molecule has 0 atom stereocenters. The molecule has 0 aliphatic heterocycles. The fraction of sp³-hybridized carbons (Fsp3) is 0.111. The van der Waals surface area contributed by atoms with Gasteiger partial charge in [0.2, 0.25) is 0 Å². The molecular weight excluding hydrogens is 178 g/mol. The molecule has 1 aromatic rings. The van der Waals surface area contributed by atoms with Crippen LogP contribution in [0.2, 0.25) is 0 Å². The Kier molecular flexibility index (Phi) is 3.12. The predicted molar refractivity (Wildman–Crippen MR) is 46.2 cm³/mol. The van der Waals surface area contributed by atoms with E-state index in [0.717, 1.165) is 0 Å². The minimum Gasteiger partial charge on any atom is -0.198 e. The maximum Gasteiger partial charge on any atom is 0.288 e. The van der Waals surface area contributed by atoms with E-state index < -0.39 is 5.76 Å². The Bertz CT molecular complexity index is 284. The third kappa shape index (κ3) is 2.55. The molecule has 0 aromatic heterocycles. The van der Waals surface area contributed by atoms with Crippen molar-refractivity contribution in [1.29, 1.82) is 0 Å². The highest BCUT2D eigenvalue weighted by Crippen LogP contribution is 2.24. The van der Waals surface area contributed by atoms with Crippen molar-refractivity contribution in [3.8, 4) is 12.3 Å². The molecule has 3 heteroatoms. The van der Waals surface area contributed by atoms with Crippen LogP contribution in [0.4, 0.5) is 8.78 Å². The van der Waals surface area contributed by atoms with Gasteiger partial charge < -0.3 is 0 Å². The van der Waals surface area contributed by atoms with Crippen molar-refractivity contribution in [2.24, 2.45) is 0 Å². The van der Waals surface area contributed by atoms with E-state index in [2.05, 4.69) is 5.92 Å². The summed E-state index contributed by atoms with van der Waals surface area (Å²) in [6, 6.07) is 6.47. The first-order chi connectivity index (χ1) is 5.72. The summed E-state index contributed by atoms with van der Waals surface area (Å²) in [6.45, 7) is 0. The third-order valence-electron chi connectivity index (χ3n) is 1.25. The normalized spacial score (nSPS) is 9.83. The summed E-state index contributed by atoms with van der Waals surface area (Å²) in [5.41, 5.74) is 0.702. The van der Waals surface area contributed by atoms with Gasteiger partial charge in [-0.3, -0.25) is 0 Å². The van der Waals surface area contributed by atoms with Crippen LogP contribution in [-0.2, 0) is 0 Å². The number of terminal acetylenes is 1. The molecule has 0 aliphatic rings. The van der Waals surface area contributed by atoms with Crippen LogP contribution in [0.1, 0.15) is 5.56 Å². The number of hydrogen-bond acceptors (Lipinski definition) is 1. The van der Waals surface area contributed by atoms with Gasteiger partial charge in [-0.2, -0.15) is 8.78 Å². The second-order valence-corrected chi connectivity index (χ2v) is 3.11. The molecule has 0 heterocycles. The molecule has 1 aromatic carbocycles. The maximum atomic E-state index is 11.8.